The van der Waals surface area contributed by atoms with E-state index in [9.17, 15) is 4.79 Å². The summed E-state index contributed by atoms with van der Waals surface area (Å²) in [6, 6.07) is 11.6. The Labute approximate surface area is 170 Å². The average Bonchev–Trinajstić information content (AvgIpc) is 2.74. The number of benzene rings is 2. The highest BCUT2D eigenvalue weighted by atomic mass is 16.5. The summed E-state index contributed by atoms with van der Waals surface area (Å²) in [4.78, 5) is 17.3. The van der Waals surface area contributed by atoms with Crippen molar-refractivity contribution in [3.05, 3.63) is 58.8 Å². The number of nitrogens with one attached hydrogen (secondary N) is 1. The molecule has 0 fully saturated rings. The van der Waals surface area contributed by atoms with E-state index in [1.54, 1.807) is 21.3 Å². The number of carbonyl (C=O) groups excluding carboxylic acids is 1. The van der Waals surface area contributed by atoms with Gasteiger partial charge in [0.2, 0.25) is 11.7 Å². The van der Waals surface area contributed by atoms with Gasteiger partial charge in [-0.15, -0.1) is 0 Å². The van der Waals surface area contributed by atoms with Crippen LogP contribution in [0.2, 0.25) is 0 Å². The number of amides is 1. The number of aromatic nitrogens is 1. The first-order chi connectivity index (χ1) is 14.0. The molecule has 1 heterocycles. The number of hydrogen-bond donors (Lipinski definition) is 1. The summed E-state index contributed by atoms with van der Waals surface area (Å²) in [7, 11) is 4.69. The minimum Gasteiger partial charge on any atom is -0.493 e. The molecule has 6 nitrogen and oxygen atoms in total. The maximum Gasteiger partial charge on any atom is 0.224 e. The molecule has 0 spiro atoms. The van der Waals surface area contributed by atoms with E-state index in [4.69, 9.17) is 14.2 Å². The van der Waals surface area contributed by atoms with Gasteiger partial charge in [0.1, 0.15) is 0 Å². The largest absolute Gasteiger partial charge is 0.493 e. The van der Waals surface area contributed by atoms with Crippen molar-refractivity contribution in [2.75, 3.05) is 21.3 Å². The quantitative estimate of drug-likeness (QED) is 0.661. The number of aryl methyl sites for hydroxylation is 2. The lowest BCUT2D eigenvalue weighted by Crippen LogP contribution is -2.25. The molecule has 0 aliphatic heterocycles. The van der Waals surface area contributed by atoms with E-state index in [1.165, 1.54) is 0 Å². The van der Waals surface area contributed by atoms with Gasteiger partial charge in [-0.05, 0) is 48.7 Å². The van der Waals surface area contributed by atoms with Crippen molar-refractivity contribution in [3.8, 4) is 17.2 Å². The highest BCUT2D eigenvalue weighted by Crippen LogP contribution is 2.38. The van der Waals surface area contributed by atoms with Gasteiger partial charge in [-0.1, -0.05) is 18.2 Å². The predicted molar refractivity (Wildman–Crippen MR) is 113 cm³/mol. The lowest BCUT2D eigenvalue weighted by atomic mass is 9.99. The number of nitrogens with zero attached hydrogens (tertiary/aromatic N) is 1. The Morgan fingerprint density at radius 3 is 2.28 bits per heavy atom. The molecule has 1 amide bonds. The van der Waals surface area contributed by atoms with E-state index >= 15 is 0 Å². The van der Waals surface area contributed by atoms with E-state index in [1.807, 2.05) is 50.2 Å². The van der Waals surface area contributed by atoms with Gasteiger partial charge >= 0.3 is 0 Å². The van der Waals surface area contributed by atoms with Crippen molar-refractivity contribution >= 4 is 16.8 Å². The van der Waals surface area contributed by atoms with Gasteiger partial charge in [-0.3, -0.25) is 9.78 Å². The number of ether oxygens (including phenoxy) is 3. The van der Waals surface area contributed by atoms with E-state index < -0.39 is 0 Å². The molecule has 0 atom stereocenters. The molecule has 0 saturated heterocycles. The Bertz CT molecular complexity index is 1020. The molecular weight excluding hydrogens is 368 g/mol. The van der Waals surface area contributed by atoms with Crippen molar-refractivity contribution in [3.63, 3.8) is 0 Å². The van der Waals surface area contributed by atoms with Gasteiger partial charge < -0.3 is 19.5 Å². The van der Waals surface area contributed by atoms with Crippen LogP contribution < -0.4 is 19.5 Å². The molecule has 0 aliphatic carbocycles. The summed E-state index contributed by atoms with van der Waals surface area (Å²) in [5, 5.41) is 4.05. The minimum absolute atomic E-state index is 0.0676. The molecule has 0 radical (unpaired) electrons. The zero-order valence-electron chi connectivity index (χ0n) is 17.5. The Hall–Kier alpha value is -3.28. The van der Waals surface area contributed by atoms with Crippen LogP contribution in [-0.4, -0.2) is 32.2 Å². The smallest absolute Gasteiger partial charge is 0.224 e. The van der Waals surface area contributed by atoms with E-state index in [0.29, 0.717) is 23.8 Å². The second-order valence-electron chi connectivity index (χ2n) is 6.81. The summed E-state index contributed by atoms with van der Waals surface area (Å²) in [5.74, 6) is 1.57. The third kappa shape index (κ3) is 4.26. The molecule has 1 N–H and O–H groups in total. The Morgan fingerprint density at radius 2 is 1.66 bits per heavy atom. The lowest BCUT2D eigenvalue weighted by Gasteiger charge is -2.15. The Kier molecular flexibility index (Phi) is 6.22. The highest BCUT2D eigenvalue weighted by molar-refractivity contribution is 5.86. The van der Waals surface area contributed by atoms with Crippen molar-refractivity contribution in [1.82, 2.24) is 10.3 Å². The summed E-state index contributed by atoms with van der Waals surface area (Å²) in [6.45, 7) is 4.34. The second-order valence-corrected chi connectivity index (χ2v) is 6.81. The average molecular weight is 394 g/mol. The van der Waals surface area contributed by atoms with Gasteiger partial charge in [0, 0.05) is 17.6 Å². The fraction of sp³-hybridized carbons (Fsp3) is 0.304. The summed E-state index contributed by atoms with van der Waals surface area (Å²) < 4.78 is 16.1. The van der Waals surface area contributed by atoms with Crippen molar-refractivity contribution in [2.24, 2.45) is 0 Å². The van der Waals surface area contributed by atoms with Crippen LogP contribution >= 0.6 is 0 Å². The second kappa shape index (κ2) is 8.82. The zero-order valence-corrected chi connectivity index (χ0v) is 17.5. The van der Waals surface area contributed by atoms with Crippen LogP contribution in [0, 0.1) is 13.8 Å². The molecule has 6 heteroatoms. The molecule has 0 aliphatic rings. The number of carbonyl (C=O) groups is 1. The van der Waals surface area contributed by atoms with Crippen LogP contribution in [-0.2, 0) is 17.8 Å². The van der Waals surface area contributed by atoms with E-state index in [-0.39, 0.29) is 12.3 Å². The number of methoxy groups -OCH3 is 3. The predicted octanol–water partition coefficient (Wildman–Crippen LogP) is 3.74. The van der Waals surface area contributed by atoms with Crippen LogP contribution in [0.5, 0.6) is 17.2 Å². The molecule has 2 aromatic carbocycles. The fourth-order valence-corrected chi connectivity index (χ4v) is 3.49. The van der Waals surface area contributed by atoms with Gasteiger partial charge in [0.25, 0.3) is 0 Å². The van der Waals surface area contributed by atoms with Crippen molar-refractivity contribution < 1.29 is 19.0 Å². The zero-order chi connectivity index (χ0) is 21.0. The highest BCUT2D eigenvalue weighted by Gasteiger charge is 2.15. The monoisotopic (exact) mass is 394 g/mol. The summed E-state index contributed by atoms with van der Waals surface area (Å²) >= 11 is 0. The standard InChI is InChI=1S/C23H26N2O4/c1-14-17-8-6-7-9-19(17)25-15(2)18(14)12-22(26)24-13-16-10-20(27-3)23(29-5)21(11-16)28-4/h6-11H,12-13H2,1-5H3,(H,24,26). The Morgan fingerprint density at radius 1 is 1.00 bits per heavy atom. The number of pyridine rings is 1. The maximum absolute atomic E-state index is 12.6. The normalized spacial score (nSPS) is 10.7. The van der Waals surface area contributed by atoms with E-state index in [0.717, 1.165) is 33.3 Å². The Balaban J connectivity index is 1.76. The molecule has 29 heavy (non-hydrogen) atoms. The third-order valence-corrected chi connectivity index (χ3v) is 5.04. The van der Waals surface area contributed by atoms with E-state index in [2.05, 4.69) is 10.3 Å². The molecule has 3 rings (SSSR count). The van der Waals surface area contributed by atoms with Crippen LogP contribution in [0.25, 0.3) is 10.9 Å². The molecule has 1 aromatic heterocycles. The molecule has 3 aromatic rings. The number of rotatable bonds is 7. The first-order valence-electron chi connectivity index (χ1n) is 9.38. The third-order valence-electron chi connectivity index (χ3n) is 5.04. The van der Waals surface area contributed by atoms with Crippen LogP contribution in [0.4, 0.5) is 0 Å². The topological polar surface area (TPSA) is 69.7 Å². The number of fused-ring (bicyclic) bond motifs is 1. The first-order valence-corrected chi connectivity index (χ1v) is 9.38. The van der Waals surface area contributed by atoms with Crippen LogP contribution in [0.3, 0.4) is 0 Å². The van der Waals surface area contributed by atoms with Crippen molar-refractivity contribution in [1.29, 1.82) is 0 Å². The van der Waals surface area contributed by atoms with Gasteiger partial charge in [-0.25, -0.2) is 0 Å². The first kappa shape index (κ1) is 20.5. The molecule has 0 bridgehead atoms. The maximum atomic E-state index is 12.6. The summed E-state index contributed by atoms with van der Waals surface area (Å²) in [5.41, 5.74) is 4.74. The van der Waals surface area contributed by atoms with Crippen molar-refractivity contribution in [2.45, 2.75) is 26.8 Å². The van der Waals surface area contributed by atoms with Crippen LogP contribution in [0.15, 0.2) is 36.4 Å². The number of hydrogen-bond acceptors (Lipinski definition) is 5. The molecular formula is C23H26N2O4. The summed E-state index contributed by atoms with van der Waals surface area (Å²) in [6.07, 6.45) is 0.278. The fourth-order valence-electron chi connectivity index (χ4n) is 3.49. The lowest BCUT2D eigenvalue weighted by molar-refractivity contribution is -0.120. The minimum atomic E-state index is -0.0676. The van der Waals surface area contributed by atoms with Gasteiger partial charge in [0.15, 0.2) is 11.5 Å². The van der Waals surface area contributed by atoms with Gasteiger partial charge in [0.05, 0.1) is 33.3 Å². The van der Waals surface area contributed by atoms with Crippen LogP contribution in [0.1, 0.15) is 22.4 Å². The molecule has 152 valence electrons. The SMILES string of the molecule is COc1cc(CNC(=O)Cc2c(C)nc3ccccc3c2C)cc(OC)c1OC. The number of para-hydroxylation sites is 1. The van der Waals surface area contributed by atoms with Gasteiger partial charge in [-0.2, -0.15) is 0 Å². The molecule has 0 saturated carbocycles. The molecule has 0 unspecified atom stereocenters.